The maximum Gasteiger partial charge on any atom is 0.269 e. The fraction of sp³-hybridized carbons (Fsp3) is 0.763. The number of likely N-dealkylation sites (N-methyl/N-ethyl adjacent to an activating group) is 1. The summed E-state index contributed by atoms with van der Waals surface area (Å²) < 4.78 is 14.1. The van der Waals surface area contributed by atoms with E-state index in [1.165, 1.54) is 49.9 Å². The molecule has 0 spiro atoms. The van der Waals surface area contributed by atoms with Gasteiger partial charge in [-0.2, -0.15) is 0 Å². The van der Waals surface area contributed by atoms with Crippen molar-refractivity contribution in [3.05, 3.63) is 47.6 Å². The molecule has 0 aromatic rings. The Morgan fingerprint density at radius 3 is 2.20 bits per heavy atom. The zero-order valence-corrected chi connectivity index (χ0v) is 33.4. The molecule has 0 aliphatic heterocycles. The van der Waals surface area contributed by atoms with Gasteiger partial charge < -0.3 is 8.85 Å². The minimum Gasteiger partial charge on any atom is -0.413 e. The summed E-state index contributed by atoms with van der Waals surface area (Å²) in [7, 11) is -0.765. The Morgan fingerprint density at radius 2 is 1.62 bits per heavy atom. The van der Waals surface area contributed by atoms with E-state index in [1.54, 1.807) is 18.7 Å². The highest BCUT2D eigenvalue weighted by molar-refractivity contribution is 6.74. The molecule has 0 aromatic carbocycles. The SMILES string of the molecule is C=C1/C(=C/C=C2\CCC[C@]3(C)[C@@H]([C@H](C)/C=C/C(=O)N(C)OC)CC[C@@H]23)C[C@@H](O[Si](C)(C)C(C)(C)C)C[C@@H]1O[Si](C)(C)C(C)(C)C. The standard InChI is InChI=1S/C38H67NO4Si2/c1-27(18-23-35(40)39(10)41-11)32-21-22-33-29(17-16-24-38(32,33)9)19-20-30-25-31(42-44(12,13)36(3,4)5)26-34(28(30)2)43-45(14,15)37(6,7)8/h18-20,23,27,31-34H,2,16-17,21-22,24-26H2,1,3-15H3/b23-18+,29-19+,30-20+/t27-,31-,32-,33+,34+,38-/m1/s1. The number of fused-ring (bicyclic) bond motifs is 1. The van der Waals surface area contributed by atoms with Crippen LogP contribution in [0.4, 0.5) is 0 Å². The van der Waals surface area contributed by atoms with E-state index in [-0.39, 0.29) is 33.6 Å². The molecule has 0 unspecified atom stereocenters. The molecule has 7 heteroatoms. The van der Waals surface area contributed by atoms with Crippen LogP contribution in [0.15, 0.2) is 47.6 Å². The van der Waals surface area contributed by atoms with Gasteiger partial charge in [-0.15, -0.1) is 0 Å². The van der Waals surface area contributed by atoms with Gasteiger partial charge in [-0.25, -0.2) is 5.06 Å². The van der Waals surface area contributed by atoms with E-state index >= 15 is 0 Å². The van der Waals surface area contributed by atoms with E-state index in [0.29, 0.717) is 17.8 Å². The Hall–Kier alpha value is -1.26. The van der Waals surface area contributed by atoms with Gasteiger partial charge in [0.05, 0.1) is 19.3 Å². The first-order valence-electron chi connectivity index (χ1n) is 17.5. The summed E-state index contributed by atoms with van der Waals surface area (Å²) in [5.41, 5.74) is 4.29. The van der Waals surface area contributed by atoms with Crippen molar-refractivity contribution in [3.63, 3.8) is 0 Å². The van der Waals surface area contributed by atoms with Gasteiger partial charge in [0.25, 0.3) is 5.91 Å². The average Bonchev–Trinajstić information content (AvgIpc) is 3.27. The average molecular weight is 658 g/mol. The molecule has 3 fully saturated rings. The van der Waals surface area contributed by atoms with Crippen molar-refractivity contribution in [1.82, 2.24) is 5.06 Å². The third-order valence-electron chi connectivity index (χ3n) is 12.5. The number of amides is 1. The molecule has 3 aliphatic carbocycles. The van der Waals surface area contributed by atoms with Gasteiger partial charge in [0.1, 0.15) is 0 Å². The van der Waals surface area contributed by atoms with E-state index in [9.17, 15) is 4.79 Å². The van der Waals surface area contributed by atoms with Crippen LogP contribution in [0.1, 0.15) is 100 Å². The van der Waals surface area contributed by atoms with Crippen LogP contribution in [-0.2, 0) is 18.5 Å². The summed E-state index contributed by atoms with van der Waals surface area (Å²) in [5, 5.41) is 1.57. The lowest BCUT2D eigenvalue weighted by molar-refractivity contribution is -0.162. The maximum absolute atomic E-state index is 12.3. The van der Waals surface area contributed by atoms with Gasteiger partial charge in [0.15, 0.2) is 16.6 Å². The Labute approximate surface area is 279 Å². The van der Waals surface area contributed by atoms with Crippen molar-refractivity contribution in [2.75, 3.05) is 14.2 Å². The van der Waals surface area contributed by atoms with Crippen LogP contribution in [0.5, 0.6) is 0 Å². The predicted molar refractivity (Wildman–Crippen MR) is 195 cm³/mol. The minimum atomic E-state index is -2.00. The van der Waals surface area contributed by atoms with E-state index in [0.717, 1.165) is 18.4 Å². The first-order chi connectivity index (χ1) is 20.5. The second-order valence-corrected chi connectivity index (χ2v) is 27.1. The van der Waals surface area contributed by atoms with Crippen LogP contribution >= 0.6 is 0 Å². The van der Waals surface area contributed by atoms with Gasteiger partial charge >= 0.3 is 0 Å². The largest absolute Gasteiger partial charge is 0.413 e. The zero-order chi connectivity index (χ0) is 34.2. The predicted octanol–water partition coefficient (Wildman–Crippen LogP) is 10.4. The number of allylic oxidation sites excluding steroid dienone is 4. The lowest BCUT2D eigenvalue weighted by Crippen LogP contribution is -2.49. The van der Waals surface area contributed by atoms with Crippen LogP contribution in [0, 0.1) is 23.2 Å². The Kier molecular flexibility index (Phi) is 11.9. The first-order valence-corrected chi connectivity index (χ1v) is 23.3. The molecule has 1 amide bonds. The van der Waals surface area contributed by atoms with Crippen LogP contribution in [0.2, 0.25) is 36.3 Å². The minimum absolute atomic E-state index is 0.000886. The molecule has 256 valence electrons. The molecule has 0 saturated heterocycles. The molecule has 45 heavy (non-hydrogen) atoms. The summed E-state index contributed by atoms with van der Waals surface area (Å²) in [6.45, 7) is 32.8. The van der Waals surface area contributed by atoms with Gasteiger partial charge in [-0.3, -0.25) is 9.63 Å². The molecule has 0 aromatic heterocycles. The highest BCUT2D eigenvalue weighted by Crippen LogP contribution is 2.59. The summed E-state index contributed by atoms with van der Waals surface area (Å²) in [6, 6.07) is 0. The number of hydrogen-bond acceptors (Lipinski definition) is 4. The smallest absolute Gasteiger partial charge is 0.269 e. The number of carbonyl (C=O) groups excluding carboxylic acids is 1. The maximum atomic E-state index is 12.3. The lowest BCUT2D eigenvalue weighted by Gasteiger charge is -2.45. The number of rotatable bonds is 9. The Balaban J connectivity index is 1.89. The molecule has 5 nitrogen and oxygen atoms in total. The molecular formula is C38H67NO4Si2. The van der Waals surface area contributed by atoms with Crippen molar-refractivity contribution in [1.29, 1.82) is 0 Å². The molecule has 3 saturated carbocycles. The molecule has 3 aliphatic rings. The quantitative estimate of drug-likeness (QED) is 0.141. The fourth-order valence-electron chi connectivity index (χ4n) is 7.47. The highest BCUT2D eigenvalue weighted by Gasteiger charge is 2.50. The Bertz CT molecular complexity index is 1170. The van der Waals surface area contributed by atoms with Crippen LogP contribution < -0.4 is 0 Å². The first kappa shape index (κ1) is 38.2. The molecule has 0 heterocycles. The highest BCUT2D eigenvalue weighted by atomic mass is 28.4. The van der Waals surface area contributed by atoms with Gasteiger partial charge in [-0.05, 0) is 109 Å². The van der Waals surface area contributed by atoms with E-state index in [4.69, 9.17) is 13.7 Å². The Morgan fingerprint density at radius 1 is 1.02 bits per heavy atom. The molecular weight excluding hydrogens is 591 g/mol. The van der Waals surface area contributed by atoms with Crippen molar-refractivity contribution < 1.29 is 18.5 Å². The van der Waals surface area contributed by atoms with Gasteiger partial charge in [0, 0.05) is 19.5 Å². The van der Waals surface area contributed by atoms with Crippen molar-refractivity contribution in [3.8, 4) is 0 Å². The van der Waals surface area contributed by atoms with Crippen LogP contribution in [0.3, 0.4) is 0 Å². The molecule has 0 bridgehead atoms. The van der Waals surface area contributed by atoms with Crippen molar-refractivity contribution in [2.24, 2.45) is 23.2 Å². The molecule has 3 rings (SSSR count). The molecule has 0 N–H and O–H groups in total. The van der Waals surface area contributed by atoms with Crippen molar-refractivity contribution in [2.45, 2.75) is 149 Å². The molecule has 0 radical (unpaired) electrons. The third-order valence-corrected chi connectivity index (χ3v) is 21.6. The summed E-state index contributed by atoms with van der Waals surface area (Å²) >= 11 is 0. The summed E-state index contributed by atoms with van der Waals surface area (Å²) in [5.74, 6) is 1.37. The number of hydroxylamine groups is 2. The second kappa shape index (κ2) is 14.1. The van der Waals surface area contributed by atoms with Crippen LogP contribution in [0.25, 0.3) is 0 Å². The number of hydrogen-bond donors (Lipinski definition) is 0. The van der Waals surface area contributed by atoms with E-state index in [2.05, 4.69) is 106 Å². The zero-order valence-electron chi connectivity index (χ0n) is 31.4. The monoisotopic (exact) mass is 657 g/mol. The number of carbonyl (C=O) groups is 1. The van der Waals surface area contributed by atoms with Gasteiger partial charge in [-0.1, -0.05) is 85.8 Å². The fourth-order valence-corrected chi connectivity index (χ4v) is 10.1. The van der Waals surface area contributed by atoms with E-state index in [1.807, 2.05) is 0 Å². The normalized spacial score (nSPS) is 31.1. The van der Waals surface area contributed by atoms with Gasteiger partial charge in [0.2, 0.25) is 0 Å². The third kappa shape index (κ3) is 8.62. The summed E-state index contributed by atoms with van der Waals surface area (Å²) in [6.07, 6.45) is 16.6. The summed E-state index contributed by atoms with van der Waals surface area (Å²) in [4.78, 5) is 17.4. The second-order valence-electron chi connectivity index (χ2n) is 17.6. The lowest BCUT2D eigenvalue weighted by atomic mass is 9.61. The number of nitrogens with zero attached hydrogens (tertiary/aromatic N) is 1. The van der Waals surface area contributed by atoms with Crippen molar-refractivity contribution >= 4 is 22.5 Å². The van der Waals surface area contributed by atoms with E-state index < -0.39 is 16.6 Å². The topological polar surface area (TPSA) is 48.0 Å². The molecule has 6 atom stereocenters. The van der Waals surface area contributed by atoms with Crippen LogP contribution in [-0.4, -0.2) is 54.0 Å².